The van der Waals surface area contributed by atoms with Crippen LogP contribution in [-0.4, -0.2) is 48.8 Å². The van der Waals surface area contributed by atoms with Crippen LogP contribution in [0, 0.1) is 13.8 Å². The van der Waals surface area contributed by atoms with Crippen molar-refractivity contribution >= 4 is 17.5 Å². The first-order valence-electron chi connectivity index (χ1n) is 8.58. The molecule has 9 nitrogen and oxygen atoms in total. The first-order valence-corrected chi connectivity index (χ1v) is 8.58. The largest absolute Gasteiger partial charge is 0.451 e. The zero-order chi connectivity index (χ0) is 20.4. The van der Waals surface area contributed by atoms with Gasteiger partial charge in [-0.15, -0.1) is 5.10 Å². The van der Waals surface area contributed by atoms with Crippen LogP contribution in [0.5, 0.6) is 0 Å². The van der Waals surface area contributed by atoms with E-state index in [1.807, 2.05) is 0 Å². The van der Waals surface area contributed by atoms with Crippen molar-refractivity contribution < 1.29 is 19.1 Å². The molecular weight excluding hydrogens is 362 g/mol. The van der Waals surface area contributed by atoms with Crippen molar-refractivity contribution in [1.29, 1.82) is 0 Å². The molecule has 0 aliphatic rings. The third-order valence-electron chi connectivity index (χ3n) is 4.38. The number of aromatic nitrogens is 5. The lowest BCUT2D eigenvalue weighted by Gasteiger charge is -2.12. The van der Waals surface area contributed by atoms with Gasteiger partial charge in [0.05, 0.1) is 16.9 Å². The van der Waals surface area contributed by atoms with Crippen LogP contribution in [0.2, 0.25) is 0 Å². The Morgan fingerprint density at radius 3 is 2.57 bits per heavy atom. The van der Waals surface area contributed by atoms with Crippen LogP contribution in [0.25, 0.3) is 5.69 Å². The fraction of sp³-hybridized carbons (Fsp3) is 0.263. The first-order chi connectivity index (χ1) is 13.3. The van der Waals surface area contributed by atoms with Gasteiger partial charge in [0, 0.05) is 11.3 Å². The molecule has 1 N–H and O–H groups in total. The maximum atomic E-state index is 12.7. The molecule has 1 unspecified atom stereocenters. The smallest absolute Gasteiger partial charge is 0.338 e. The number of carbonyl (C=O) groups excluding carboxylic acids is 3. The number of aromatic amines is 1. The van der Waals surface area contributed by atoms with E-state index in [2.05, 4.69) is 20.5 Å². The van der Waals surface area contributed by atoms with Crippen molar-refractivity contribution in [2.45, 2.75) is 33.8 Å². The van der Waals surface area contributed by atoms with Crippen molar-refractivity contribution in [3.8, 4) is 5.69 Å². The number of benzene rings is 1. The average molecular weight is 381 g/mol. The SMILES string of the molecule is CC(=O)c1c(C)[nH]c(C(=O)C(C)OC(=O)c2cccc(-n3cnnn3)c2)c1C. The lowest BCUT2D eigenvalue weighted by atomic mass is 10.0. The number of hydrogen-bond donors (Lipinski definition) is 1. The van der Waals surface area contributed by atoms with E-state index in [1.165, 1.54) is 24.9 Å². The van der Waals surface area contributed by atoms with Crippen LogP contribution in [0.3, 0.4) is 0 Å². The Morgan fingerprint density at radius 2 is 1.96 bits per heavy atom. The normalized spacial score (nSPS) is 11.9. The Morgan fingerprint density at radius 1 is 1.21 bits per heavy atom. The van der Waals surface area contributed by atoms with E-state index in [9.17, 15) is 14.4 Å². The number of tetrazole rings is 1. The third-order valence-corrected chi connectivity index (χ3v) is 4.38. The van der Waals surface area contributed by atoms with Crippen LogP contribution in [0.4, 0.5) is 0 Å². The van der Waals surface area contributed by atoms with Crippen LogP contribution in [0.1, 0.15) is 56.3 Å². The van der Waals surface area contributed by atoms with E-state index in [0.717, 1.165) is 0 Å². The highest BCUT2D eigenvalue weighted by Gasteiger charge is 2.26. The summed E-state index contributed by atoms with van der Waals surface area (Å²) in [6, 6.07) is 6.53. The predicted molar refractivity (Wildman–Crippen MR) is 98.6 cm³/mol. The molecule has 2 aromatic heterocycles. The van der Waals surface area contributed by atoms with Gasteiger partial charge < -0.3 is 9.72 Å². The molecule has 28 heavy (non-hydrogen) atoms. The van der Waals surface area contributed by atoms with E-state index in [1.54, 1.807) is 38.1 Å². The summed E-state index contributed by atoms with van der Waals surface area (Å²) in [5.74, 6) is -1.18. The van der Waals surface area contributed by atoms with Gasteiger partial charge in [0.15, 0.2) is 11.9 Å². The van der Waals surface area contributed by atoms with Gasteiger partial charge in [-0.1, -0.05) is 6.07 Å². The van der Waals surface area contributed by atoms with Crippen LogP contribution >= 0.6 is 0 Å². The minimum absolute atomic E-state index is 0.130. The number of aryl methyl sites for hydroxylation is 1. The quantitative estimate of drug-likeness (QED) is 0.513. The monoisotopic (exact) mass is 381 g/mol. The summed E-state index contributed by atoms with van der Waals surface area (Å²) in [6.45, 7) is 6.35. The molecule has 0 aliphatic heterocycles. The molecule has 1 aromatic carbocycles. The maximum absolute atomic E-state index is 12.7. The highest BCUT2D eigenvalue weighted by atomic mass is 16.5. The number of esters is 1. The summed E-state index contributed by atoms with van der Waals surface area (Å²) in [7, 11) is 0. The molecule has 0 radical (unpaired) electrons. The Hall–Kier alpha value is -3.62. The van der Waals surface area contributed by atoms with Crippen molar-refractivity contribution in [3.05, 3.63) is 58.7 Å². The van der Waals surface area contributed by atoms with E-state index in [-0.39, 0.29) is 17.0 Å². The molecular formula is C19H19N5O4. The number of rotatable bonds is 6. The number of hydrogen-bond acceptors (Lipinski definition) is 7. The fourth-order valence-electron chi connectivity index (χ4n) is 3.06. The lowest BCUT2D eigenvalue weighted by Crippen LogP contribution is -2.25. The van der Waals surface area contributed by atoms with Gasteiger partial charge in [0.1, 0.15) is 6.33 Å². The van der Waals surface area contributed by atoms with Crippen LogP contribution in [-0.2, 0) is 4.74 Å². The van der Waals surface area contributed by atoms with Gasteiger partial charge >= 0.3 is 5.97 Å². The Labute approximate surface area is 160 Å². The standard InChI is InChI=1S/C19H19N5O4/c1-10-16(12(3)25)11(2)21-17(10)18(26)13(4)28-19(27)14-6-5-7-15(8-14)24-9-20-22-23-24/h5-9,13,21H,1-4H3. The second kappa shape index (κ2) is 7.55. The van der Waals surface area contributed by atoms with Gasteiger partial charge in [-0.2, -0.15) is 0 Å². The van der Waals surface area contributed by atoms with E-state index in [4.69, 9.17) is 4.74 Å². The molecule has 9 heteroatoms. The molecule has 144 valence electrons. The van der Waals surface area contributed by atoms with Crippen molar-refractivity contribution in [2.24, 2.45) is 0 Å². The van der Waals surface area contributed by atoms with Gasteiger partial charge in [0.25, 0.3) is 0 Å². The van der Waals surface area contributed by atoms with Crippen molar-refractivity contribution in [1.82, 2.24) is 25.2 Å². The van der Waals surface area contributed by atoms with E-state index < -0.39 is 17.9 Å². The molecule has 0 bridgehead atoms. The summed E-state index contributed by atoms with van der Waals surface area (Å²) in [4.78, 5) is 39.9. The third kappa shape index (κ3) is 3.59. The average Bonchev–Trinajstić information content (AvgIpc) is 3.29. The topological polar surface area (TPSA) is 120 Å². The number of ketones is 2. The Bertz CT molecular complexity index is 1050. The minimum Gasteiger partial charge on any atom is -0.451 e. The second-order valence-electron chi connectivity index (χ2n) is 6.40. The van der Waals surface area contributed by atoms with E-state index in [0.29, 0.717) is 22.5 Å². The number of nitrogens with zero attached hydrogens (tertiary/aromatic N) is 4. The first kappa shape index (κ1) is 19.2. The molecule has 0 saturated heterocycles. The maximum Gasteiger partial charge on any atom is 0.338 e. The molecule has 0 saturated carbocycles. The lowest BCUT2D eigenvalue weighted by molar-refractivity contribution is 0.0317. The summed E-state index contributed by atoms with van der Waals surface area (Å²) in [5.41, 5.74) is 2.76. The zero-order valence-electron chi connectivity index (χ0n) is 15.9. The number of H-pyrrole nitrogens is 1. The molecule has 3 aromatic rings. The molecule has 3 rings (SSSR count). The molecule has 0 fully saturated rings. The molecule has 0 aliphatic carbocycles. The molecule has 0 spiro atoms. The van der Waals surface area contributed by atoms with Crippen molar-refractivity contribution in [3.63, 3.8) is 0 Å². The highest BCUT2D eigenvalue weighted by molar-refractivity contribution is 6.05. The van der Waals surface area contributed by atoms with E-state index >= 15 is 0 Å². The summed E-state index contributed by atoms with van der Waals surface area (Å²) >= 11 is 0. The number of nitrogens with one attached hydrogen (secondary N) is 1. The highest BCUT2D eigenvalue weighted by Crippen LogP contribution is 2.21. The van der Waals surface area contributed by atoms with Gasteiger partial charge in [-0.3, -0.25) is 9.59 Å². The van der Waals surface area contributed by atoms with Gasteiger partial charge in [-0.05, 0) is 61.9 Å². The second-order valence-corrected chi connectivity index (χ2v) is 6.40. The van der Waals surface area contributed by atoms with Crippen molar-refractivity contribution in [2.75, 3.05) is 0 Å². The Balaban J connectivity index is 1.78. The zero-order valence-corrected chi connectivity index (χ0v) is 15.9. The Kier molecular flexibility index (Phi) is 5.16. The number of ether oxygens (including phenoxy) is 1. The fourth-order valence-corrected chi connectivity index (χ4v) is 3.06. The van der Waals surface area contributed by atoms with Crippen LogP contribution < -0.4 is 0 Å². The number of carbonyl (C=O) groups is 3. The molecule has 0 amide bonds. The summed E-state index contributed by atoms with van der Waals surface area (Å²) < 4.78 is 6.74. The van der Waals surface area contributed by atoms with Gasteiger partial charge in [0.2, 0.25) is 5.78 Å². The predicted octanol–water partition coefficient (Wildman–Crippen LogP) is 2.24. The molecule has 1 atom stereocenters. The summed E-state index contributed by atoms with van der Waals surface area (Å²) in [6.07, 6.45) is 0.375. The summed E-state index contributed by atoms with van der Waals surface area (Å²) in [5, 5.41) is 10.9. The minimum atomic E-state index is -1.03. The molecule has 2 heterocycles. The van der Waals surface area contributed by atoms with Gasteiger partial charge in [-0.25, -0.2) is 9.48 Å². The number of Topliss-reactive ketones (excluding diaryl/α,β-unsaturated/α-hetero) is 2. The van der Waals surface area contributed by atoms with Crippen LogP contribution in [0.15, 0.2) is 30.6 Å².